The normalized spacial score (nSPS) is 16.2. The number of hydrogen-bond donors (Lipinski definition) is 0. The van der Waals surface area contributed by atoms with E-state index in [4.69, 9.17) is 10.1 Å². The first kappa shape index (κ1) is 17.5. The Morgan fingerprint density at radius 2 is 1.97 bits per heavy atom. The first-order chi connectivity index (χ1) is 14.0. The lowest BCUT2D eigenvalue weighted by Crippen LogP contribution is -2.27. The van der Waals surface area contributed by atoms with E-state index in [1.54, 1.807) is 4.68 Å². The highest BCUT2D eigenvalue weighted by Gasteiger charge is 2.16. The molecule has 1 aliphatic heterocycles. The second-order valence-electron chi connectivity index (χ2n) is 7.47. The van der Waals surface area contributed by atoms with E-state index in [0.29, 0.717) is 11.8 Å². The van der Waals surface area contributed by atoms with Gasteiger partial charge in [-0.1, -0.05) is 18.2 Å². The third kappa shape index (κ3) is 2.95. The van der Waals surface area contributed by atoms with Crippen molar-refractivity contribution in [2.24, 2.45) is 24.1 Å². The Morgan fingerprint density at radius 3 is 2.76 bits per heavy atom. The van der Waals surface area contributed by atoms with E-state index in [1.807, 2.05) is 56.3 Å². The first-order valence-corrected chi connectivity index (χ1v) is 9.54. The summed E-state index contributed by atoms with van der Waals surface area (Å²) in [5.41, 5.74) is 4.90. The third-order valence-electron chi connectivity index (χ3n) is 5.22. The van der Waals surface area contributed by atoms with Gasteiger partial charge in [-0.15, -0.1) is 0 Å². The molecule has 29 heavy (non-hydrogen) atoms. The highest BCUT2D eigenvalue weighted by Crippen LogP contribution is 2.30. The number of aromatic nitrogens is 4. The van der Waals surface area contributed by atoms with Gasteiger partial charge in [0.2, 0.25) is 5.91 Å². The predicted octanol–water partition coefficient (Wildman–Crippen LogP) is 2.20. The van der Waals surface area contributed by atoms with E-state index in [9.17, 15) is 4.79 Å². The lowest BCUT2D eigenvalue weighted by molar-refractivity contribution is -0.118. The van der Waals surface area contributed by atoms with Gasteiger partial charge in [-0.25, -0.2) is 4.99 Å². The van der Waals surface area contributed by atoms with Gasteiger partial charge in [0.05, 0.1) is 34.9 Å². The van der Waals surface area contributed by atoms with E-state index in [-0.39, 0.29) is 11.9 Å². The van der Waals surface area contributed by atoms with Gasteiger partial charge in [-0.3, -0.25) is 19.2 Å². The van der Waals surface area contributed by atoms with Crippen LogP contribution in [0.3, 0.4) is 0 Å². The standard InChI is InChI=1S/C22H20N6O/c1-13-9-20(29)25-18-6-4-5-16(22(18)24-13)14-7-8-19-17(10-14)21(26-28(19)3)15-11-23-27(2)12-15/h4-8,10-13H,9H2,1-3H3/t13-/m1/s1. The highest BCUT2D eigenvalue weighted by molar-refractivity contribution is 5.95. The molecule has 1 aliphatic rings. The van der Waals surface area contributed by atoms with Crippen LogP contribution in [0.25, 0.3) is 33.3 Å². The molecule has 0 radical (unpaired) electrons. The molecule has 2 aromatic carbocycles. The zero-order valence-electron chi connectivity index (χ0n) is 16.5. The molecular formula is C22H20N6O. The molecule has 1 amide bonds. The van der Waals surface area contributed by atoms with E-state index < -0.39 is 0 Å². The van der Waals surface area contributed by atoms with Crippen molar-refractivity contribution in [3.63, 3.8) is 0 Å². The highest BCUT2D eigenvalue weighted by atomic mass is 16.1. The molecule has 144 valence electrons. The minimum absolute atomic E-state index is 0.0956. The number of fused-ring (bicyclic) bond motifs is 2. The zero-order valence-corrected chi connectivity index (χ0v) is 16.5. The predicted molar refractivity (Wildman–Crippen MR) is 110 cm³/mol. The third-order valence-corrected chi connectivity index (χ3v) is 5.22. The molecule has 3 heterocycles. The Morgan fingerprint density at radius 1 is 1.10 bits per heavy atom. The van der Waals surface area contributed by atoms with E-state index >= 15 is 0 Å². The molecule has 0 spiro atoms. The lowest BCUT2D eigenvalue weighted by Gasteiger charge is -2.05. The topological polar surface area (TPSA) is 77.4 Å². The summed E-state index contributed by atoms with van der Waals surface area (Å²) in [6.45, 7) is 1.95. The van der Waals surface area contributed by atoms with E-state index in [0.717, 1.165) is 38.6 Å². The monoisotopic (exact) mass is 384 g/mol. The molecule has 0 saturated carbocycles. The number of amides is 1. The number of carbonyl (C=O) groups excluding carboxylic acids is 1. The average Bonchev–Trinajstić information content (AvgIpc) is 3.21. The van der Waals surface area contributed by atoms with Gasteiger partial charge in [-0.05, 0) is 30.7 Å². The van der Waals surface area contributed by atoms with Gasteiger partial charge in [0.25, 0.3) is 0 Å². The average molecular weight is 384 g/mol. The minimum atomic E-state index is -0.126. The van der Waals surface area contributed by atoms with Crippen molar-refractivity contribution >= 4 is 16.8 Å². The number of para-hydroxylation sites is 1. The summed E-state index contributed by atoms with van der Waals surface area (Å²) in [5, 5.41) is 11.4. The largest absolute Gasteiger partial charge is 0.279 e. The quantitative estimate of drug-likeness (QED) is 0.532. The van der Waals surface area contributed by atoms with Gasteiger partial charge in [-0.2, -0.15) is 10.2 Å². The summed E-state index contributed by atoms with van der Waals surface area (Å²) in [7, 11) is 3.84. The van der Waals surface area contributed by atoms with E-state index in [1.165, 1.54) is 0 Å². The molecule has 7 nitrogen and oxygen atoms in total. The SMILES string of the molecule is C[C@@H]1CC(=O)N=c2cccc(-c3ccc4c(c3)c(-c3cnn(C)c3)nn4C)c2=N1. The second-order valence-corrected chi connectivity index (χ2v) is 7.47. The summed E-state index contributed by atoms with van der Waals surface area (Å²) in [6.07, 6.45) is 4.12. The van der Waals surface area contributed by atoms with Crippen LogP contribution in [-0.2, 0) is 18.9 Å². The molecule has 2 aromatic heterocycles. The summed E-state index contributed by atoms with van der Waals surface area (Å²) in [5.74, 6) is -0.126. The van der Waals surface area contributed by atoms with Crippen LogP contribution in [0.15, 0.2) is 58.8 Å². The van der Waals surface area contributed by atoms with Crippen molar-refractivity contribution in [1.82, 2.24) is 19.6 Å². The van der Waals surface area contributed by atoms with Crippen LogP contribution in [0.2, 0.25) is 0 Å². The molecule has 7 heteroatoms. The summed E-state index contributed by atoms with van der Waals surface area (Å²) in [6, 6.07) is 12.0. The van der Waals surface area contributed by atoms with Gasteiger partial charge < -0.3 is 0 Å². The molecule has 4 aromatic rings. The van der Waals surface area contributed by atoms with Gasteiger partial charge in [0.1, 0.15) is 5.69 Å². The number of carbonyl (C=O) groups is 1. The van der Waals surface area contributed by atoms with Crippen LogP contribution in [0, 0.1) is 0 Å². The zero-order chi connectivity index (χ0) is 20.1. The second kappa shape index (κ2) is 6.48. The maximum atomic E-state index is 12.0. The minimum Gasteiger partial charge on any atom is -0.279 e. The molecule has 0 fully saturated rings. The first-order valence-electron chi connectivity index (χ1n) is 9.54. The summed E-state index contributed by atoms with van der Waals surface area (Å²) >= 11 is 0. The Labute approximate surface area is 167 Å². The fourth-order valence-electron chi connectivity index (χ4n) is 3.88. The number of rotatable bonds is 2. The van der Waals surface area contributed by atoms with Crippen molar-refractivity contribution < 1.29 is 4.79 Å². The van der Waals surface area contributed by atoms with Gasteiger partial charge in [0, 0.05) is 36.8 Å². The molecule has 5 rings (SSSR count). The van der Waals surface area contributed by atoms with Crippen LogP contribution in [0.4, 0.5) is 0 Å². The molecule has 0 unspecified atom stereocenters. The van der Waals surface area contributed by atoms with Crippen LogP contribution < -0.4 is 10.7 Å². The summed E-state index contributed by atoms with van der Waals surface area (Å²) < 4.78 is 3.66. The maximum Gasteiger partial charge on any atom is 0.248 e. The fraction of sp³-hybridized carbons (Fsp3) is 0.227. The van der Waals surface area contributed by atoms with Crippen LogP contribution in [0.1, 0.15) is 13.3 Å². The van der Waals surface area contributed by atoms with Crippen molar-refractivity contribution in [3.8, 4) is 22.4 Å². The van der Waals surface area contributed by atoms with Crippen LogP contribution in [0.5, 0.6) is 0 Å². The van der Waals surface area contributed by atoms with Crippen LogP contribution in [-0.4, -0.2) is 31.5 Å². The van der Waals surface area contributed by atoms with Crippen molar-refractivity contribution in [1.29, 1.82) is 0 Å². The number of benzene rings is 2. The van der Waals surface area contributed by atoms with Crippen molar-refractivity contribution in [3.05, 3.63) is 59.5 Å². The molecule has 0 bridgehead atoms. The van der Waals surface area contributed by atoms with Crippen LogP contribution >= 0.6 is 0 Å². The smallest absolute Gasteiger partial charge is 0.248 e. The summed E-state index contributed by atoms with van der Waals surface area (Å²) in [4.78, 5) is 21.1. The van der Waals surface area contributed by atoms with Gasteiger partial charge >= 0.3 is 0 Å². The van der Waals surface area contributed by atoms with E-state index in [2.05, 4.69) is 28.3 Å². The molecule has 1 atom stereocenters. The molecular weight excluding hydrogens is 364 g/mol. The number of nitrogens with zero attached hydrogens (tertiary/aromatic N) is 6. The number of aryl methyl sites for hydroxylation is 2. The van der Waals surface area contributed by atoms with Gasteiger partial charge in [0.15, 0.2) is 0 Å². The fourth-order valence-corrected chi connectivity index (χ4v) is 3.88. The molecule has 0 aliphatic carbocycles. The Hall–Kier alpha value is -3.61. The molecule has 0 saturated heterocycles. The Balaban J connectivity index is 1.77. The Bertz CT molecular complexity index is 1390. The lowest BCUT2D eigenvalue weighted by atomic mass is 10.0. The Kier molecular flexibility index (Phi) is 3.91. The number of hydrogen-bond acceptors (Lipinski definition) is 4. The maximum absolute atomic E-state index is 12.0. The van der Waals surface area contributed by atoms with Crippen molar-refractivity contribution in [2.45, 2.75) is 19.4 Å². The molecule has 0 N–H and O–H groups in total. The van der Waals surface area contributed by atoms with Crippen molar-refractivity contribution in [2.75, 3.05) is 0 Å².